The van der Waals surface area contributed by atoms with Crippen molar-refractivity contribution in [3.8, 4) is 0 Å². The van der Waals surface area contributed by atoms with Gasteiger partial charge in [-0.15, -0.1) is 0 Å². The standard InChI is InChI=1S/C15H25N3OS/c1-5-9-16-13-6-7-14(17-11-13)15(19)18(3)12(2)8-10-20-4/h6-7,11-12,16H,5,8-10H2,1-4H3. The van der Waals surface area contributed by atoms with Crippen LogP contribution in [0.4, 0.5) is 5.69 Å². The molecule has 20 heavy (non-hydrogen) atoms. The zero-order chi connectivity index (χ0) is 15.0. The highest BCUT2D eigenvalue weighted by Gasteiger charge is 2.18. The Hall–Kier alpha value is -1.23. The van der Waals surface area contributed by atoms with E-state index < -0.39 is 0 Å². The molecule has 0 fully saturated rings. The number of carbonyl (C=O) groups excluding carboxylic acids is 1. The molecule has 0 bridgehead atoms. The zero-order valence-electron chi connectivity index (χ0n) is 12.8. The molecule has 1 aromatic rings. The molecule has 1 N–H and O–H groups in total. The van der Waals surface area contributed by atoms with Crippen LogP contribution in [0.15, 0.2) is 18.3 Å². The maximum atomic E-state index is 12.3. The molecular weight excluding hydrogens is 270 g/mol. The van der Waals surface area contributed by atoms with Gasteiger partial charge in [-0.2, -0.15) is 11.8 Å². The van der Waals surface area contributed by atoms with Crippen molar-refractivity contribution in [2.45, 2.75) is 32.7 Å². The summed E-state index contributed by atoms with van der Waals surface area (Å²) in [6, 6.07) is 3.93. The predicted octanol–water partition coefficient (Wildman–Crippen LogP) is 3.12. The van der Waals surface area contributed by atoms with E-state index in [1.807, 2.05) is 13.1 Å². The van der Waals surface area contributed by atoms with E-state index in [2.05, 4.69) is 30.4 Å². The number of nitrogens with zero attached hydrogens (tertiary/aromatic N) is 2. The summed E-state index contributed by atoms with van der Waals surface area (Å²) in [5.74, 6) is 1.05. The van der Waals surface area contributed by atoms with E-state index in [1.54, 1.807) is 28.9 Å². The quantitative estimate of drug-likeness (QED) is 0.800. The van der Waals surface area contributed by atoms with E-state index in [1.165, 1.54) is 0 Å². The fourth-order valence-corrected chi connectivity index (χ4v) is 2.33. The Labute approximate surface area is 126 Å². The first-order chi connectivity index (χ1) is 9.60. The number of rotatable bonds is 8. The third-order valence-electron chi connectivity index (χ3n) is 3.28. The van der Waals surface area contributed by atoms with Crippen molar-refractivity contribution in [2.75, 3.05) is 30.9 Å². The highest BCUT2D eigenvalue weighted by atomic mass is 32.2. The summed E-state index contributed by atoms with van der Waals surface area (Å²) < 4.78 is 0. The second-order valence-electron chi connectivity index (χ2n) is 4.91. The Kier molecular flexibility index (Phi) is 7.44. The van der Waals surface area contributed by atoms with Crippen molar-refractivity contribution in [1.82, 2.24) is 9.88 Å². The molecule has 1 aromatic heterocycles. The molecule has 1 amide bonds. The molecule has 1 unspecified atom stereocenters. The van der Waals surface area contributed by atoms with Crippen molar-refractivity contribution in [3.05, 3.63) is 24.0 Å². The number of hydrogen-bond acceptors (Lipinski definition) is 4. The van der Waals surface area contributed by atoms with Crippen LogP contribution in [0, 0.1) is 0 Å². The third kappa shape index (κ3) is 5.04. The van der Waals surface area contributed by atoms with E-state index in [4.69, 9.17) is 0 Å². The van der Waals surface area contributed by atoms with Crippen LogP contribution >= 0.6 is 11.8 Å². The van der Waals surface area contributed by atoms with Gasteiger partial charge in [-0.05, 0) is 43.9 Å². The molecule has 0 aliphatic heterocycles. The lowest BCUT2D eigenvalue weighted by Gasteiger charge is -2.24. The van der Waals surface area contributed by atoms with Gasteiger partial charge in [-0.25, -0.2) is 4.98 Å². The summed E-state index contributed by atoms with van der Waals surface area (Å²) in [6.45, 7) is 5.11. The Balaban J connectivity index is 2.62. The minimum atomic E-state index is -0.0133. The van der Waals surface area contributed by atoms with Crippen LogP contribution in [-0.4, -0.2) is 47.4 Å². The normalized spacial score (nSPS) is 12.0. The first-order valence-electron chi connectivity index (χ1n) is 7.06. The van der Waals surface area contributed by atoms with Crippen molar-refractivity contribution in [3.63, 3.8) is 0 Å². The Morgan fingerprint density at radius 1 is 1.50 bits per heavy atom. The highest BCUT2D eigenvalue weighted by Crippen LogP contribution is 2.11. The van der Waals surface area contributed by atoms with Gasteiger partial charge in [0.2, 0.25) is 0 Å². The summed E-state index contributed by atoms with van der Waals surface area (Å²) in [5.41, 5.74) is 1.46. The van der Waals surface area contributed by atoms with E-state index >= 15 is 0 Å². The number of anilines is 1. The fraction of sp³-hybridized carbons (Fsp3) is 0.600. The molecule has 0 aliphatic rings. The molecular formula is C15H25N3OS. The number of thioether (sulfide) groups is 1. The van der Waals surface area contributed by atoms with Gasteiger partial charge >= 0.3 is 0 Å². The molecule has 0 saturated carbocycles. The lowest BCUT2D eigenvalue weighted by atomic mass is 10.2. The van der Waals surface area contributed by atoms with Crippen molar-refractivity contribution in [2.24, 2.45) is 0 Å². The summed E-state index contributed by atoms with van der Waals surface area (Å²) in [4.78, 5) is 18.3. The van der Waals surface area contributed by atoms with Crippen LogP contribution in [0.2, 0.25) is 0 Å². The maximum Gasteiger partial charge on any atom is 0.272 e. The molecule has 0 spiro atoms. The van der Waals surface area contributed by atoms with Crippen LogP contribution in [0.25, 0.3) is 0 Å². The molecule has 112 valence electrons. The van der Waals surface area contributed by atoms with Crippen LogP contribution in [0.1, 0.15) is 37.2 Å². The second-order valence-corrected chi connectivity index (χ2v) is 5.89. The van der Waals surface area contributed by atoms with Crippen molar-refractivity contribution < 1.29 is 4.79 Å². The van der Waals surface area contributed by atoms with Gasteiger partial charge in [0, 0.05) is 19.6 Å². The lowest BCUT2D eigenvalue weighted by molar-refractivity contribution is 0.0735. The second kappa shape index (κ2) is 8.84. The van der Waals surface area contributed by atoms with Gasteiger partial charge in [-0.3, -0.25) is 4.79 Å². The zero-order valence-corrected chi connectivity index (χ0v) is 13.7. The van der Waals surface area contributed by atoms with Gasteiger partial charge in [0.25, 0.3) is 5.91 Å². The number of carbonyl (C=O) groups is 1. The minimum Gasteiger partial charge on any atom is -0.384 e. The highest BCUT2D eigenvalue weighted by molar-refractivity contribution is 7.98. The van der Waals surface area contributed by atoms with Crippen molar-refractivity contribution >= 4 is 23.4 Å². The lowest BCUT2D eigenvalue weighted by Crippen LogP contribution is -2.35. The van der Waals surface area contributed by atoms with E-state index in [-0.39, 0.29) is 11.9 Å². The summed E-state index contributed by atoms with van der Waals surface area (Å²) in [6.07, 6.45) is 5.87. The maximum absolute atomic E-state index is 12.3. The number of amides is 1. The molecule has 0 radical (unpaired) electrons. The van der Waals surface area contributed by atoms with Gasteiger partial charge in [-0.1, -0.05) is 6.92 Å². The summed E-state index contributed by atoms with van der Waals surface area (Å²) >= 11 is 1.80. The predicted molar refractivity (Wildman–Crippen MR) is 87.6 cm³/mol. The van der Waals surface area contributed by atoms with Crippen LogP contribution in [-0.2, 0) is 0 Å². The molecule has 0 aromatic carbocycles. The number of nitrogens with one attached hydrogen (secondary N) is 1. The van der Waals surface area contributed by atoms with E-state index in [0.29, 0.717) is 5.69 Å². The summed E-state index contributed by atoms with van der Waals surface area (Å²) in [7, 11) is 1.85. The molecule has 1 atom stereocenters. The van der Waals surface area contributed by atoms with Crippen LogP contribution in [0.3, 0.4) is 0 Å². The van der Waals surface area contributed by atoms with Gasteiger partial charge < -0.3 is 10.2 Å². The Morgan fingerprint density at radius 3 is 2.80 bits per heavy atom. The van der Waals surface area contributed by atoms with Gasteiger partial charge in [0.05, 0.1) is 11.9 Å². The summed E-state index contributed by atoms with van der Waals surface area (Å²) in [5, 5.41) is 3.25. The Morgan fingerprint density at radius 2 is 2.25 bits per heavy atom. The topological polar surface area (TPSA) is 45.2 Å². The van der Waals surface area contributed by atoms with E-state index in [9.17, 15) is 4.79 Å². The number of aromatic nitrogens is 1. The largest absolute Gasteiger partial charge is 0.384 e. The van der Waals surface area contributed by atoms with E-state index in [0.717, 1.165) is 30.8 Å². The first-order valence-corrected chi connectivity index (χ1v) is 8.45. The first kappa shape index (κ1) is 16.8. The molecule has 4 nitrogen and oxygen atoms in total. The molecule has 5 heteroatoms. The Bertz CT molecular complexity index is 408. The van der Waals surface area contributed by atoms with Crippen LogP contribution < -0.4 is 5.32 Å². The average molecular weight is 295 g/mol. The SMILES string of the molecule is CCCNc1ccc(C(=O)N(C)C(C)CCSC)nc1. The fourth-order valence-electron chi connectivity index (χ4n) is 1.76. The number of hydrogen-bond donors (Lipinski definition) is 1. The molecule has 0 saturated heterocycles. The molecule has 0 aliphatic carbocycles. The van der Waals surface area contributed by atoms with Crippen molar-refractivity contribution in [1.29, 1.82) is 0 Å². The number of pyridine rings is 1. The average Bonchev–Trinajstić information content (AvgIpc) is 2.49. The van der Waals surface area contributed by atoms with Gasteiger partial charge in [0.1, 0.15) is 5.69 Å². The third-order valence-corrected chi connectivity index (χ3v) is 3.93. The molecule has 1 heterocycles. The van der Waals surface area contributed by atoms with Gasteiger partial charge in [0.15, 0.2) is 0 Å². The monoisotopic (exact) mass is 295 g/mol. The smallest absolute Gasteiger partial charge is 0.272 e. The van der Waals surface area contributed by atoms with Crippen LogP contribution in [0.5, 0.6) is 0 Å². The molecule has 1 rings (SSSR count). The minimum absolute atomic E-state index is 0.0133.